The normalized spacial score (nSPS) is 10.7. The summed E-state index contributed by atoms with van der Waals surface area (Å²) in [6.45, 7) is 0. The van der Waals surface area contributed by atoms with Gasteiger partial charge in [-0.3, -0.25) is 15.1 Å². The van der Waals surface area contributed by atoms with E-state index in [4.69, 9.17) is 17.3 Å². The summed E-state index contributed by atoms with van der Waals surface area (Å²) in [5, 5.41) is 12.1. The molecule has 0 spiro atoms. The number of nitrogens with zero attached hydrogens (tertiary/aromatic N) is 3. The first-order valence-corrected chi connectivity index (χ1v) is 6.38. The number of hydrogen-bond acceptors (Lipinski definition) is 5. The lowest BCUT2D eigenvalue weighted by Crippen LogP contribution is -1.97. The maximum absolute atomic E-state index is 10.9. The third-order valence-corrected chi connectivity index (χ3v) is 3.43. The van der Waals surface area contributed by atoms with Crippen LogP contribution in [0, 0.1) is 10.1 Å². The van der Waals surface area contributed by atoms with Gasteiger partial charge >= 0.3 is 0 Å². The summed E-state index contributed by atoms with van der Waals surface area (Å²) in [6.07, 6.45) is 3.27. The van der Waals surface area contributed by atoms with Gasteiger partial charge in [0.15, 0.2) is 0 Å². The number of non-ortho nitro benzene ring substituents is 1. The van der Waals surface area contributed by atoms with Crippen molar-refractivity contribution >= 4 is 34.0 Å². The van der Waals surface area contributed by atoms with Crippen LogP contribution in [0.5, 0.6) is 0 Å². The monoisotopic (exact) mass is 300 g/mol. The van der Waals surface area contributed by atoms with Crippen LogP contribution in [0.2, 0.25) is 5.02 Å². The molecule has 0 aliphatic carbocycles. The van der Waals surface area contributed by atoms with Gasteiger partial charge in [0.05, 0.1) is 10.4 Å². The van der Waals surface area contributed by atoms with Crippen LogP contribution in [0.25, 0.3) is 22.0 Å². The van der Waals surface area contributed by atoms with Gasteiger partial charge in [0.1, 0.15) is 5.82 Å². The summed E-state index contributed by atoms with van der Waals surface area (Å²) in [7, 11) is 0. The standard InChI is InChI=1S/C14H9ClN4O2/c15-12-2-1-9(19(20)21)6-10(12)11-5-8-7-17-4-3-13(8)18-14(11)16/h1-7H,(H2,16,18). The highest BCUT2D eigenvalue weighted by atomic mass is 35.5. The fourth-order valence-corrected chi connectivity index (χ4v) is 2.30. The van der Waals surface area contributed by atoms with Gasteiger partial charge < -0.3 is 5.73 Å². The van der Waals surface area contributed by atoms with E-state index >= 15 is 0 Å². The number of nitro groups is 1. The number of nitrogen functional groups attached to an aromatic ring is 1. The summed E-state index contributed by atoms with van der Waals surface area (Å²) in [6, 6.07) is 7.72. The molecule has 0 saturated heterocycles. The highest BCUT2D eigenvalue weighted by molar-refractivity contribution is 6.33. The first-order chi connectivity index (χ1) is 10.1. The number of rotatable bonds is 2. The lowest BCUT2D eigenvalue weighted by atomic mass is 10.0. The maximum atomic E-state index is 10.9. The summed E-state index contributed by atoms with van der Waals surface area (Å²) in [5.41, 5.74) is 7.62. The Balaban J connectivity index is 2.26. The molecule has 0 atom stereocenters. The van der Waals surface area contributed by atoms with Crippen molar-refractivity contribution in [1.29, 1.82) is 0 Å². The number of anilines is 1. The molecule has 6 nitrogen and oxygen atoms in total. The second-order valence-corrected chi connectivity index (χ2v) is 4.82. The van der Waals surface area contributed by atoms with Crippen molar-refractivity contribution in [2.24, 2.45) is 0 Å². The molecule has 104 valence electrons. The molecule has 2 N–H and O–H groups in total. The number of pyridine rings is 2. The molecule has 0 unspecified atom stereocenters. The van der Waals surface area contributed by atoms with E-state index in [2.05, 4.69) is 9.97 Å². The molecule has 2 aromatic heterocycles. The predicted molar refractivity (Wildman–Crippen MR) is 81.1 cm³/mol. The molecule has 0 saturated carbocycles. The Labute approximate surface area is 124 Å². The molecule has 21 heavy (non-hydrogen) atoms. The summed E-state index contributed by atoms with van der Waals surface area (Å²) in [4.78, 5) is 18.7. The molecule has 0 amide bonds. The molecule has 2 heterocycles. The van der Waals surface area contributed by atoms with Crippen LogP contribution in [0.15, 0.2) is 42.7 Å². The highest BCUT2D eigenvalue weighted by Gasteiger charge is 2.14. The van der Waals surface area contributed by atoms with Gasteiger partial charge in [-0.15, -0.1) is 0 Å². The van der Waals surface area contributed by atoms with E-state index in [1.807, 2.05) is 0 Å². The van der Waals surface area contributed by atoms with E-state index in [1.165, 1.54) is 18.2 Å². The number of nitro benzene ring substituents is 1. The van der Waals surface area contributed by atoms with E-state index in [0.29, 0.717) is 21.7 Å². The zero-order valence-corrected chi connectivity index (χ0v) is 11.4. The smallest absolute Gasteiger partial charge is 0.270 e. The van der Waals surface area contributed by atoms with Gasteiger partial charge in [-0.1, -0.05) is 11.6 Å². The molecule has 1 aromatic carbocycles. The lowest BCUT2D eigenvalue weighted by molar-refractivity contribution is -0.384. The third-order valence-electron chi connectivity index (χ3n) is 3.10. The van der Waals surface area contributed by atoms with Crippen LogP contribution in [0.3, 0.4) is 0 Å². The van der Waals surface area contributed by atoms with Gasteiger partial charge in [0.2, 0.25) is 0 Å². The number of fused-ring (bicyclic) bond motifs is 1. The van der Waals surface area contributed by atoms with Crippen LogP contribution in [-0.2, 0) is 0 Å². The van der Waals surface area contributed by atoms with Gasteiger partial charge in [0.25, 0.3) is 5.69 Å². The Hall–Kier alpha value is -2.73. The Morgan fingerprint density at radius 3 is 2.76 bits per heavy atom. The molecule has 7 heteroatoms. The Kier molecular flexibility index (Phi) is 3.15. The minimum absolute atomic E-state index is 0.0555. The van der Waals surface area contributed by atoms with E-state index in [0.717, 1.165) is 5.39 Å². The van der Waals surface area contributed by atoms with Gasteiger partial charge in [-0.25, -0.2) is 4.98 Å². The Bertz CT molecular complexity index is 867. The Morgan fingerprint density at radius 2 is 2.00 bits per heavy atom. The highest BCUT2D eigenvalue weighted by Crippen LogP contribution is 2.35. The molecule has 0 bridgehead atoms. The fourth-order valence-electron chi connectivity index (χ4n) is 2.08. The summed E-state index contributed by atoms with van der Waals surface area (Å²) >= 11 is 6.14. The zero-order chi connectivity index (χ0) is 15.0. The van der Waals surface area contributed by atoms with E-state index in [1.54, 1.807) is 24.5 Å². The average molecular weight is 301 g/mol. The summed E-state index contributed by atoms with van der Waals surface area (Å²) < 4.78 is 0. The van der Waals surface area contributed by atoms with Crippen LogP contribution in [0.1, 0.15) is 0 Å². The first-order valence-electron chi connectivity index (χ1n) is 6.01. The Morgan fingerprint density at radius 1 is 1.19 bits per heavy atom. The molecular weight excluding hydrogens is 292 g/mol. The maximum Gasteiger partial charge on any atom is 0.270 e. The zero-order valence-electron chi connectivity index (χ0n) is 10.7. The molecular formula is C14H9ClN4O2. The largest absolute Gasteiger partial charge is 0.383 e. The quantitative estimate of drug-likeness (QED) is 0.578. The molecule has 0 aliphatic heterocycles. The fraction of sp³-hybridized carbons (Fsp3) is 0. The van der Waals surface area contributed by atoms with Crippen molar-refractivity contribution < 1.29 is 4.92 Å². The van der Waals surface area contributed by atoms with Crippen molar-refractivity contribution in [3.63, 3.8) is 0 Å². The second-order valence-electron chi connectivity index (χ2n) is 4.41. The van der Waals surface area contributed by atoms with Crippen molar-refractivity contribution in [2.45, 2.75) is 0 Å². The molecule has 0 radical (unpaired) electrons. The SMILES string of the molecule is Nc1nc2ccncc2cc1-c1cc([N+](=O)[O-])ccc1Cl. The van der Waals surface area contributed by atoms with Crippen molar-refractivity contribution in [1.82, 2.24) is 9.97 Å². The number of aromatic nitrogens is 2. The molecule has 3 rings (SSSR count). The molecule has 3 aromatic rings. The lowest BCUT2D eigenvalue weighted by Gasteiger charge is -2.09. The van der Waals surface area contributed by atoms with Crippen molar-refractivity contribution in [3.05, 3.63) is 57.9 Å². The van der Waals surface area contributed by atoms with Crippen LogP contribution >= 0.6 is 11.6 Å². The van der Waals surface area contributed by atoms with E-state index in [-0.39, 0.29) is 11.5 Å². The van der Waals surface area contributed by atoms with E-state index in [9.17, 15) is 10.1 Å². The summed E-state index contributed by atoms with van der Waals surface area (Å²) in [5.74, 6) is 0.260. The number of hydrogen-bond donors (Lipinski definition) is 1. The van der Waals surface area contributed by atoms with Crippen LogP contribution in [-0.4, -0.2) is 14.9 Å². The van der Waals surface area contributed by atoms with Gasteiger partial charge in [-0.05, 0) is 18.2 Å². The van der Waals surface area contributed by atoms with E-state index < -0.39 is 4.92 Å². The predicted octanol–water partition coefficient (Wildman–Crippen LogP) is 3.44. The molecule has 0 fully saturated rings. The average Bonchev–Trinajstić information content (AvgIpc) is 2.47. The van der Waals surface area contributed by atoms with Gasteiger partial charge in [0, 0.05) is 46.1 Å². The molecule has 0 aliphatic rings. The number of benzene rings is 1. The topological polar surface area (TPSA) is 94.9 Å². The van der Waals surface area contributed by atoms with Crippen molar-refractivity contribution in [3.8, 4) is 11.1 Å². The minimum atomic E-state index is -0.480. The van der Waals surface area contributed by atoms with Crippen molar-refractivity contribution in [2.75, 3.05) is 5.73 Å². The number of nitrogens with two attached hydrogens (primary N) is 1. The third kappa shape index (κ3) is 2.36. The number of halogens is 1. The second kappa shape index (κ2) is 4.99. The first kappa shape index (κ1) is 13.3. The minimum Gasteiger partial charge on any atom is -0.383 e. The van der Waals surface area contributed by atoms with Gasteiger partial charge in [-0.2, -0.15) is 0 Å². The van der Waals surface area contributed by atoms with Crippen LogP contribution < -0.4 is 5.73 Å². The van der Waals surface area contributed by atoms with Crippen LogP contribution in [0.4, 0.5) is 11.5 Å².